The SMILES string of the molecule is CC\C=C/C=C\C=C/C=C\C=C/CCCC(=O)OCC(COC(=O)CCC/C=C\C/C=C\C/C=C\C/C=C\CCCCC)OC(=O)CCCCCCC\C=C/C=C\C=C/C=C\CC. The van der Waals surface area contributed by atoms with Crippen LogP contribution >= 0.6 is 0 Å². The van der Waals surface area contributed by atoms with Gasteiger partial charge in [-0.2, -0.15) is 0 Å². The van der Waals surface area contributed by atoms with Crippen LogP contribution in [0.2, 0.25) is 0 Å². The maximum atomic E-state index is 12.8. The molecule has 0 N–H and O–H groups in total. The van der Waals surface area contributed by atoms with Gasteiger partial charge in [-0.3, -0.25) is 14.4 Å². The summed E-state index contributed by atoms with van der Waals surface area (Å²) in [5.74, 6) is -1.11. The van der Waals surface area contributed by atoms with E-state index in [4.69, 9.17) is 14.2 Å². The van der Waals surface area contributed by atoms with Crippen LogP contribution in [-0.4, -0.2) is 37.2 Å². The molecule has 0 aromatic rings. The van der Waals surface area contributed by atoms with Crippen LogP contribution in [0.4, 0.5) is 0 Å². The van der Waals surface area contributed by atoms with Crippen LogP contribution in [0, 0.1) is 0 Å². The first-order valence-corrected chi connectivity index (χ1v) is 24.1. The first-order valence-electron chi connectivity index (χ1n) is 24.1. The van der Waals surface area contributed by atoms with Crippen molar-refractivity contribution in [2.24, 2.45) is 0 Å². The van der Waals surface area contributed by atoms with Gasteiger partial charge < -0.3 is 14.2 Å². The van der Waals surface area contributed by atoms with Crippen molar-refractivity contribution in [1.29, 1.82) is 0 Å². The summed E-state index contributed by atoms with van der Waals surface area (Å²) in [5, 5.41) is 0. The molecule has 0 radical (unpaired) electrons. The molecule has 0 saturated carbocycles. The van der Waals surface area contributed by atoms with Gasteiger partial charge in [0, 0.05) is 19.3 Å². The van der Waals surface area contributed by atoms with Gasteiger partial charge in [-0.05, 0) is 89.9 Å². The topological polar surface area (TPSA) is 78.9 Å². The Hall–Kier alpha value is -4.97. The summed E-state index contributed by atoms with van der Waals surface area (Å²) in [6.45, 7) is 6.15. The fourth-order valence-corrected chi connectivity index (χ4v) is 5.65. The number of hydrogen-bond acceptors (Lipinski definition) is 6. The fraction of sp³-hybridized carbons (Fsp3) is 0.491. The van der Waals surface area contributed by atoms with Gasteiger partial charge in [-0.15, -0.1) is 0 Å². The quantitative estimate of drug-likeness (QED) is 0.0201. The molecule has 63 heavy (non-hydrogen) atoms. The molecule has 0 spiro atoms. The number of allylic oxidation sites excluding steroid dienone is 26. The first-order chi connectivity index (χ1) is 31.0. The number of unbranched alkanes of at least 4 members (excludes halogenated alkanes) is 10. The van der Waals surface area contributed by atoms with E-state index in [0.29, 0.717) is 19.3 Å². The highest BCUT2D eigenvalue weighted by Crippen LogP contribution is 2.11. The highest BCUT2D eigenvalue weighted by molar-refractivity contribution is 5.71. The number of carbonyl (C=O) groups is 3. The Labute approximate surface area is 384 Å². The van der Waals surface area contributed by atoms with E-state index >= 15 is 0 Å². The molecular weight excluding hydrogens is 781 g/mol. The van der Waals surface area contributed by atoms with E-state index < -0.39 is 6.10 Å². The van der Waals surface area contributed by atoms with Crippen LogP contribution in [-0.2, 0) is 28.6 Å². The Morgan fingerprint density at radius 3 is 1.17 bits per heavy atom. The highest BCUT2D eigenvalue weighted by Gasteiger charge is 2.19. The van der Waals surface area contributed by atoms with Crippen LogP contribution in [0.5, 0.6) is 0 Å². The summed E-state index contributed by atoms with van der Waals surface area (Å²) in [6, 6.07) is 0. The minimum absolute atomic E-state index is 0.147. The van der Waals surface area contributed by atoms with Crippen LogP contribution in [0.25, 0.3) is 0 Å². The lowest BCUT2D eigenvalue weighted by Crippen LogP contribution is -2.30. The Morgan fingerprint density at radius 2 is 0.698 bits per heavy atom. The molecule has 1 atom stereocenters. The van der Waals surface area contributed by atoms with Crippen LogP contribution < -0.4 is 0 Å². The maximum Gasteiger partial charge on any atom is 0.306 e. The van der Waals surface area contributed by atoms with Gasteiger partial charge in [0.2, 0.25) is 0 Å². The van der Waals surface area contributed by atoms with Crippen molar-refractivity contribution in [3.05, 3.63) is 158 Å². The van der Waals surface area contributed by atoms with E-state index in [9.17, 15) is 14.4 Å². The number of carbonyl (C=O) groups excluding carboxylic acids is 3. The number of rotatable bonds is 40. The van der Waals surface area contributed by atoms with Crippen molar-refractivity contribution >= 4 is 17.9 Å². The van der Waals surface area contributed by atoms with E-state index in [1.165, 1.54) is 25.7 Å². The van der Waals surface area contributed by atoms with Crippen molar-refractivity contribution in [3.8, 4) is 0 Å². The Morgan fingerprint density at radius 1 is 0.349 bits per heavy atom. The molecule has 0 aromatic carbocycles. The smallest absolute Gasteiger partial charge is 0.306 e. The molecule has 0 saturated heterocycles. The summed E-state index contributed by atoms with van der Waals surface area (Å²) in [4.78, 5) is 37.9. The largest absolute Gasteiger partial charge is 0.462 e. The zero-order chi connectivity index (χ0) is 45.8. The molecule has 0 aliphatic carbocycles. The second kappa shape index (κ2) is 49.7. The average molecular weight is 865 g/mol. The second-order valence-corrected chi connectivity index (χ2v) is 15.1. The van der Waals surface area contributed by atoms with E-state index in [0.717, 1.165) is 77.0 Å². The molecule has 0 bridgehead atoms. The van der Waals surface area contributed by atoms with Crippen LogP contribution in [0.15, 0.2) is 158 Å². The predicted octanol–water partition coefficient (Wildman–Crippen LogP) is 15.9. The Kier molecular flexibility index (Phi) is 45.8. The minimum Gasteiger partial charge on any atom is -0.462 e. The molecule has 6 nitrogen and oxygen atoms in total. The molecule has 0 amide bonds. The van der Waals surface area contributed by atoms with Crippen LogP contribution in [0.1, 0.15) is 162 Å². The van der Waals surface area contributed by atoms with Gasteiger partial charge in [0.15, 0.2) is 6.10 Å². The van der Waals surface area contributed by atoms with Gasteiger partial charge in [-0.25, -0.2) is 0 Å². The molecule has 0 aliphatic rings. The maximum absolute atomic E-state index is 12.8. The van der Waals surface area contributed by atoms with Gasteiger partial charge >= 0.3 is 17.9 Å². The zero-order valence-corrected chi connectivity index (χ0v) is 39.5. The molecular formula is C57H84O6. The standard InChI is InChI=1S/C57H84O6/c1-4-7-10-13-16-19-22-25-27-28-30-32-35-38-41-44-47-50-56(59)62-53-54(52-61-55(58)49-46-43-40-37-34-31-24-21-18-15-12-9-6-3)63-57(60)51-48-45-42-39-36-33-29-26-23-20-17-14-11-8-5-2/h8-9,11-12,14-21,23-27,29-32,34,37-38,40-41,54H,4-7,10,13,22,28,33,35-36,39,42-53H2,1-3H3/b11-8-,12-9-,17-14-,18-15-,19-16-,23-20-,24-21-,27-25-,29-26-,32-30-,34-31-,40-37-,41-38-. The van der Waals surface area contributed by atoms with Gasteiger partial charge in [0.25, 0.3) is 0 Å². The Balaban J connectivity index is 4.66. The Bertz CT molecular complexity index is 1510. The lowest BCUT2D eigenvalue weighted by atomic mass is 10.1. The molecule has 0 fully saturated rings. The molecule has 0 heterocycles. The van der Waals surface area contributed by atoms with Gasteiger partial charge in [0.1, 0.15) is 13.2 Å². The summed E-state index contributed by atoms with van der Waals surface area (Å²) in [6.07, 6.45) is 72.3. The third-order valence-corrected chi connectivity index (χ3v) is 9.22. The zero-order valence-electron chi connectivity index (χ0n) is 39.5. The molecule has 348 valence electrons. The second-order valence-electron chi connectivity index (χ2n) is 15.1. The highest BCUT2D eigenvalue weighted by atomic mass is 16.6. The molecule has 0 aromatic heterocycles. The average Bonchev–Trinajstić information content (AvgIpc) is 3.28. The third kappa shape index (κ3) is 47.9. The summed E-state index contributed by atoms with van der Waals surface area (Å²) in [5.41, 5.74) is 0. The summed E-state index contributed by atoms with van der Waals surface area (Å²) < 4.78 is 16.6. The van der Waals surface area contributed by atoms with Crippen molar-refractivity contribution in [1.82, 2.24) is 0 Å². The van der Waals surface area contributed by atoms with Crippen molar-refractivity contribution in [2.45, 2.75) is 168 Å². The van der Waals surface area contributed by atoms with E-state index in [1.54, 1.807) is 0 Å². The minimum atomic E-state index is -0.848. The van der Waals surface area contributed by atoms with Gasteiger partial charge in [-0.1, -0.05) is 211 Å². The van der Waals surface area contributed by atoms with Crippen LogP contribution in [0.3, 0.4) is 0 Å². The lowest BCUT2D eigenvalue weighted by molar-refractivity contribution is -0.167. The summed E-state index contributed by atoms with van der Waals surface area (Å²) >= 11 is 0. The first kappa shape index (κ1) is 58.0. The molecule has 0 aliphatic heterocycles. The third-order valence-electron chi connectivity index (χ3n) is 9.22. The monoisotopic (exact) mass is 865 g/mol. The normalized spacial score (nSPS) is 13.5. The van der Waals surface area contributed by atoms with Crippen molar-refractivity contribution < 1.29 is 28.6 Å². The van der Waals surface area contributed by atoms with E-state index in [2.05, 4.69) is 93.7 Å². The lowest BCUT2D eigenvalue weighted by Gasteiger charge is -2.18. The van der Waals surface area contributed by atoms with E-state index in [1.807, 2.05) is 85.1 Å². The van der Waals surface area contributed by atoms with Gasteiger partial charge in [0.05, 0.1) is 0 Å². The summed E-state index contributed by atoms with van der Waals surface area (Å²) in [7, 11) is 0. The molecule has 1 unspecified atom stereocenters. The number of ether oxygens (including phenoxy) is 3. The molecule has 0 rings (SSSR count). The molecule has 6 heteroatoms. The van der Waals surface area contributed by atoms with Crippen molar-refractivity contribution in [2.75, 3.05) is 13.2 Å². The predicted molar refractivity (Wildman–Crippen MR) is 269 cm³/mol. The number of hydrogen-bond donors (Lipinski definition) is 0. The fourth-order valence-electron chi connectivity index (χ4n) is 5.65. The number of esters is 3. The van der Waals surface area contributed by atoms with Crippen molar-refractivity contribution in [3.63, 3.8) is 0 Å². The van der Waals surface area contributed by atoms with E-state index in [-0.39, 0.29) is 50.4 Å².